The molecule has 1 aliphatic heterocycles. The summed E-state index contributed by atoms with van der Waals surface area (Å²) in [6, 6.07) is 4.26. The van der Waals surface area contributed by atoms with Crippen molar-refractivity contribution in [3.05, 3.63) is 33.8 Å². The van der Waals surface area contributed by atoms with Crippen molar-refractivity contribution in [3.8, 4) is 0 Å². The Morgan fingerprint density at radius 2 is 1.90 bits per heavy atom. The number of halogens is 2. The monoisotopic (exact) mass is 326 g/mol. The fraction of sp³-hybridized carbons (Fsp3) is 0.357. The first-order valence-electron chi connectivity index (χ1n) is 6.56. The molecule has 0 radical (unpaired) electrons. The quantitative estimate of drug-likeness (QED) is 0.631. The van der Waals surface area contributed by atoms with Crippen LogP contribution in [0.1, 0.15) is 23.2 Å². The second-order valence-electron chi connectivity index (χ2n) is 5.17. The van der Waals surface area contributed by atoms with Gasteiger partial charge in [0, 0.05) is 11.6 Å². The number of nitrogens with zero attached hydrogens (tertiary/aromatic N) is 2. The Hall–Kier alpha value is -1.59. The Balaban J connectivity index is 1.73. The summed E-state index contributed by atoms with van der Waals surface area (Å²) in [4.78, 5) is 38.7. The van der Waals surface area contributed by atoms with Gasteiger partial charge in [-0.2, -0.15) is 0 Å². The lowest BCUT2D eigenvalue weighted by Gasteiger charge is -2.15. The maximum absolute atomic E-state index is 12.2. The zero-order valence-corrected chi connectivity index (χ0v) is 12.5. The Bertz CT molecular complexity index is 643. The number of imide groups is 1. The van der Waals surface area contributed by atoms with Crippen molar-refractivity contribution in [2.24, 2.45) is 0 Å². The molecule has 7 heteroatoms. The molecule has 1 aromatic rings. The Labute approximate surface area is 131 Å². The topological polar surface area (TPSA) is 57.7 Å². The number of Topliss-reactive ketones (excluding diaryl/α,β-unsaturated/α-hetero) is 1. The molecule has 1 saturated heterocycles. The van der Waals surface area contributed by atoms with E-state index >= 15 is 0 Å². The van der Waals surface area contributed by atoms with Gasteiger partial charge in [0.25, 0.3) is 5.91 Å². The van der Waals surface area contributed by atoms with Crippen LogP contribution in [0.5, 0.6) is 0 Å². The van der Waals surface area contributed by atoms with E-state index in [-0.39, 0.29) is 41.9 Å². The highest BCUT2D eigenvalue weighted by molar-refractivity contribution is 6.42. The minimum atomic E-state index is -0.379. The molecule has 0 spiro atoms. The summed E-state index contributed by atoms with van der Waals surface area (Å²) in [6.07, 6.45) is 1.85. The van der Waals surface area contributed by atoms with Gasteiger partial charge in [-0.25, -0.2) is 4.79 Å². The highest BCUT2D eigenvalue weighted by Crippen LogP contribution is 2.30. The van der Waals surface area contributed by atoms with Gasteiger partial charge in [0.05, 0.1) is 16.6 Å². The molecule has 1 aromatic carbocycles. The normalized spacial score (nSPS) is 18.6. The van der Waals surface area contributed by atoms with Gasteiger partial charge in [0.2, 0.25) is 0 Å². The van der Waals surface area contributed by atoms with Crippen LogP contribution < -0.4 is 0 Å². The van der Waals surface area contributed by atoms with Crippen molar-refractivity contribution in [1.29, 1.82) is 0 Å². The largest absolute Gasteiger partial charge is 0.327 e. The highest BCUT2D eigenvalue weighted by atomic mass is 35.5. The minimum Gasteiger partial charge on any atom is -0.312 e. The predicted molar refractivity (Wildman–Crippen MR) is 77.6 cm³/mol. The van der Waals surface area contributed by atoms with Gasteiger partial charge in [-0.3, -0.25) is 14.5 Å². The molecule has 2 aliphatic rings. The lowest BCUT2D eigenvalue weighted by Crippen LogP contribution is -2.37. The molecule has 1 saturated carbocycles. The van der Waals surface area contributed by atoms with Crippen molar-refractivity contribution >= 4 is 40.9 Å². The van der Waals surface area contributed by atoms with Gasteiger partial charge in [-0.05, 0) is 31.0 Å². The zero-order valence-electron chi connectivity index (χ0n) is 11.0. The van der Waals surface area contributed by atoms with Crippen LogP contribution in [0.3, 0.4) is 0 Å². The van der Waals surface area contributed by atoms with Crippen LogP contribution in [0.2, 0.25) is 10.0 Å². The van der Waals surface area contributed by atoms with Crippen molar-refractivity contribution in [1.82, 2.24) is 9.80 Å². The van der Waals surface area contributed by atoms with Crippen molar-refractivity contribution in [3.63, 3.8) is 0 Å². The van der Waals surface area contributed by atoms with Crippen molar-refractivity contribution < 1.29 is 14.4 Å². The smallest absolute Gasteiger partial charge is 0.312 e. The number of hydrogen-bond donors (Lipinski definition) is 0. The molecule has 21 heavy (non-hydrogen) atoms. The third-order valence-corrected chi connectivity index (χ3v) is 4.35. The molecule has 110 valence electrons. The van der Waals surface area contributed by atoms with Gasteiger partial charge in [-0.1, -0.05) is 23.2 Å². The summed E-state index contributed by atoms with van der Waals surface area (Å²) < 4.78 is 0. The standard InChI is InChI=1S/C14H12Cl2N2O3/c15-10-4-1-8(5-11(10)16)12(19)6-18-13(20)7-17(14(18)21)9-2-3-9/h1,4-5,9H,2-3,6-7H2. The molecule has 3 amide bonds. The first-order chi connectivity index (χ1) is 9.97. The third kappa shape index (κ3) is 2.76. The molecule has 1 heterocycles. The molecule has 0 atom stereocenters. The molecule has 0 bridgehead atoms. The van der Waals surface area contributed by atoms with Crippen LogP contribution in [-0.2, 0) is 4.79 Å². The van der Waals surface area contributed by atoms with E-state index in [4.69, 9.17) is 23.2 Å². The molecular formula is C14H12Cl2N2O3. The van der Waals surface area contributed by atoms with Crippen LogP contribution in [0.15, 0.2) is 18.2 Å². The molecule has 0 aromatic heterocycles. The van der Waals surface area contributed by atoms with E-state index in [2.05, 4.69) is 0 Å². The molecule has 5 nitrogen and oxygen atoms in total. The maximum Gasteiger partial charge on any atom is 0.327 e. The van der Waals surface area contributed by atoms with Crippen LogP contribution in [-0.4, -0.2) is 46.7 Å². The van der Waals surface area contributed by atoms with Gasteiger partial charge >= 0.3 is 6.03 Å². The average molecular weight is 327 g/mol. The van der Waals surface area contributed by atoms with Crippen molar-refractivity contribution in [2.75, 3.05) is 13.1 Å². The first kappa shape index (κ1) is 14.4. The van der Waals surface area contributed by atoms with Gasteiger partial charge in [0.15, 0.2) is 5.78 Å². The highest BCUT2D eigenvalue weighted by Gasteiger charge is 2.44. The summed E-state index contributed by atoms with van der Waals surface area (Å²) in [7, 11) is 0. The van der Waals surface area contributed by atoms with E-state index in [1.807, 2.05) is 0 Å². The van der Waals surface area contributed by atoms with E-state index in [0.29, 0.717) is 10.6 Å². The van der Waals surface area contributed by atoms with Gasteiger partial charge in [0.1, 0.15) is 6.54 Å². The fourth-order valence-electron chi connectivity index (χ4n) is 2.29. The predicted octanol–water partition coefficient (Wildman–Crippen LogP) is 2.60. The van der Waals surface area contributed by atoms with E-state index in [0.717, 1.165) is 17.7 Å². The van der Waals surface area contributed by atoms with Gasteiger partial charge in [-0.15, -0.1) is 0 Å². The lowest BCUT2D eigenvalue weighted by atomic mass is 10.1. The molecule has 2 fully saturated rings. The van der Waals surface area contributed by atoms with Crippen LogP contribution in [0.4, 0.5) is 4.79 Å². The van der Waals surface area contributed by atoms with E-state index in [9.17, 15) is 14.4 Å². The molecule has 0 unspecified atom stereocenters. The second-order valence-corrected chi connectivity index (χ2v) is 5.99. The number of benzene rings is 1. The minimum absolute atomic E-state index is 0.0676. The summed E-state index contributed by atoms with van der Waals surface area (Å²) in [6.45, 7) is -0.197. The van der Waals surface area contributed by atoms with E-state index in [1.165, 1.54) is 23.1 Å². The Morgan fingerprint density at radius 1 is 1.19 bits per heavy atom. The van der Waals surface area contributed by atoms with Gasteiger partial charge < -0.3 is 4.90 Å². The fourth-order valence-corrected chi connectivity index (χ4v) is 2.59. The summed E-state index contributed by atoms with van der Waals surface area (Å²) in [5.41, 5.74) is 0.329. The number of ketones is 1. The number of rotatable bonds is 4. The molecule has 0 N–H and O–H groups in total. The van der Waals surface area contributed by atoms with Crippen LogP contribution >= 0.6 is 23.2 Å². The summed E-state index contributed by atoms with van der Waals surface area (Å²) in [5, 5.41) is 0.614. The van der Waals surface area contributed by atoms with E-state index in [1.54, 1.807) is 0 Å². The van der Waals surface area contributed by atoms with Crippen molar-refractivity contribution in [2.45, 2.75) is 18.9 Å². The Morgan fingerprint density at radius 3 is 2.52 bits per heavy atom. The lowest BCUT2D eigenvalue weighted by molar-refractivity contribution is -0.125. The number of amides is 3. The third-order valence-electron chi connectivity index (χ3n) is 3.61. The van der Waals surface area contributed by atoms with Crippen LogP contribution in [0, 0.1) is 0 Å². The molecule has 1 aliphatic carbocycles. The number of hydrogen-bond acceptors (Lipinski definition) is 3. The average Bonchev–Trinajstić information content (AvgIpc) is 3.24. The number of carbonyl (C=O) groups excluding carboxylic acids is 3. The number of carbonyl (C=O) groups is 3. The summed E-state index contributed by atoms with van der Waals surface area (Å²) in [5.74, 6) is -0.673. The van der Waals surface area contributed by atoms with E-state index < -0.39 is 0 Å². The van der Waals surface area contributed by atoms with Crippen LogP contribution in [0.25, 0.3) is 0 Å². The first-order valence-corrected chi connectivity index (χ1v) is 7.32. The zero-order chi connectivity index (χ0) is 15.1. The Kier molecular flexibility index (Phi) is 3.63. The SMILES string of the molecule is O=C(CN1C(=O)CN(C2CC2)C1=O)c1ccc(Cl)c(Cl)c1. The molecular weight excluding hydrogens is 315 g/mol. The maximum atomic E-state index is 12.2. The second kappa shape index (κ2) is 5.31. The number of urea groups is 1. The molecule has 3 rings (SSSR count). The summed E-state index contributed by atoms with van der Waals surface area (Å²) >= 11 is 11.7.